The molecule has 18 nitrogen and oxygen atoms in total. The minimum Gasteiger partial charge on any atom is -0.382 e. The lowest BCUT2D eigenvalue weighted by atomic mass is 9.87. The van der Waals surface area contributed by atoms with Crippen LogP contribution in [0.25, 0.3) is 0 Å². The molecule has 320 valence electrons. The van der Waals surface area contributed by atoms with E-state index in [-0.39, 0.29) is 94.6 Å². The van der Waals surface area contributed by atoms with Crippen LogP contribution in [0.5, 0.6) is 0 Å². The van der Waals surface area contributed by atoms with Crippen molar-refractivity contribution in [1.29, 1.82) is 0 Å². The second-order valence-corrected chi connectivity index (χ2v) is 15.2. The van der Waals surface area contributed by atoms with Gasteiger partial charge in [-0.25, -0.2) is 0 Å². The van der Waals surface area contributed by atoms with Gasteiger partial charge in [-0.3, -0.25) is 28.6 Å². The van der Waals surface area contributed by atoms with Gasteiger partial charge in [-0.2, -0.15) is 0 Å². The summed E-state index contributed by atoms with van der Waals surface area (Å²) < 4.78 is 48.2. The van der Waals surface area contributed by atoms with Crippen LogP contribution >= 0.6 is 7.60 Å². The largest absolute Gasteiger partial charge is 0.382 e. The van der Waals surface area contributed by atoms with Crippen LogP contribution < -0.4 is 21.3 Å². The molecule has 1 aliphatic carbocycles. The highest BCUT2D eigenvalue weighted by atomic mass is 31.2. The van der Waals surface area contributed by atoms with Crippen LogP contribution in [0, 0.1) is 5.92 Å². The van der Waals surface area contributed by atoms with Gasteiger partial charge in [-0.1, -0.05) is 24.3 Å². The fraction of sp³-hybridized carbons (Fsp3) is 0.730. The van der Waals surface area contributed by atoms with Crippen molar-refractivity contribution in [2.24, 2.45) is 5.92 Å². The smallest absolute Gasteiger partial charge is 0.325 e. The molecule has 0 saturated heterocycles. The number of hydrogen-bond donors (Lipinski definition) is 5. The number of rotatable bonds is 31. The van der Waals surface area contributed by atoms with Crippen LogP contribution in [0.2, 0.25) is 0 Å². The van der Waals surface area contributed by atoms with E-state index in [4.69, 9.17) is 32.9 Å². The Kier molecular flexibility index (Phi) is 25.6. The number of methoxy groups -OCH3 is 3. The first kappa shape index (κ1) is 49.1. The summed E-state index contributed by atoms with van der Waals surface area (Å²) in [5, 5.41) is 11.5. The lowest BCUT2D eigenvalue weighted by molar-refractivity contribution is -0.132. The molecule has 0 radical (unpaired) electrons. The van der Waals surface area contributed by atoms with E-state index >= 15 is 0 Å². The number of nitrogens with one attached hydrogen (secondary N) is 4. The maximum atomic E-state index is 13.8. The number of nitrogens with zero attached hydrogens (tertiary/aromatic N) is 1. The molecular weight excluding hydrogens is 753 g/mol. The van der Waals surface area contributed by atoms with Crippen LogP contribution in [0.15, 0.2) is 24.3 Å². The van der Waals surface area contributed by atoms with E-state index < -0.39 is 13.6 Å². The molecule has 56 heavy (non-hydrogen) atoms. The van der Waals surface area contributed by atoms with Crippen LogP contribution in [0.4, 0.5) is 0 Å². The molecule has 0 aromatic heterocycles. The standard InChI is InChI=1S/C37H64N5O13P/c1-49-19-22-52-16-13-38-34(43)27-42(28-35(44)39-14-17-53-23-20-50-2)33(37(46)40-15-18-54-24-21-51-3)25-29-5-7-30(8-6-29)26-41-36(45)31-9-11-32(12-10-31)55-56(4,47)48/h5-8,31-33H,9-28H2,1-4H3,(H,38,43)(H,39,44)(H,40,46)(H,41,45)(H,47,48)/t31?,32?,33-/m1/s1. The fourth-order valence-corrected chi connectivity index (χ4v) is 6.59. The van der Waals surface area contributed by atoms with E-state index in [1.165, 1.54) is 4.90 Å². The van der Waals surface area contributed by atoms with Gasteiger partial charge in [-0.05, 0) is 43.2 Å². The molecule has 5 N–H and O–H groups in total. The topological polar surface area (TPSA) is 222 Å². The minimum absolute atomic E-state index is 0.0885. The number of ether oxygens (including phenoxy) is 6. The lowest BCUT2D eigenvalue weighted by Crippen LogP contribution is -2.54. The van der Waals surface area contributed by atoms with Gasteiger partial charge in [0.1, 0.15) is 0 Å². The summed E-state index contributed by atoms with van der Waals surface area (Å²) in [6.45, 7) is 4.80. The summed E-state index contributed by atoms with van der Waals surface area (Å²) in [6, 6.07) is 6.50. The van der Waals surface area contributed by atoms with Crippen molar-refractivity contribution >= 4 is 31.2 Å². The number of amides is 4. The molecule has 1 aromatic rings. The summed E-state index contributed by atoms with van der Waals surface area (Å²) in [6.07, 6.45) is 2.04. The van der Waals surface area contributed by atoms with Gasteiger partial charge >= 0.3 is 7.60 Å². The highest BCUT2D eigenvalue weighted by Gasteiger charge is 2.31. The second-order valence-electron chi connectivity index (χ2n) is 13.3. The van der Waals surface area contributed by atoms with Crippen LogP contribution in [0.1, 0.15) is 36.8 Å². The zero-order valence-corrected chi connectivity index (χ0v) is 34.3. The van der Waals surface area contributed by atoms with Crippen LogP contribution in [0.3, 0.4) is 0 Å². The molecule has 19 heteroatoms. The molecule has 1 fully saturated rings. The average molecular weight is 818 g/mol. The summed E-state index contributed by atoms with van der Waals surface area (Å²) in [5.74, 6) is -1.45. The Hall–Kier alpha value is -3.03. The number of carbonyl (C=O) groups is 4. The number of carbonyl (C=O) groups excluding carboxylic acids is 4. The van der Waals surface area contributed by atoms with E-state index in [1.807, 2.05) is 24.3 Å². The molecule has 0 bridgehead atoms. The third-order valence-electron chi connectivity index (χ3n) is 8.72. The maximum absolute atomic E-state index is 13.8. The first-order valence-electron chi connectivity index (χ1n) is 19.0. The molecule has 1 unspecified atom stereocenters. The monoisotopic (exact) mass is 817 g/mol. The highest BCUT2D eigenvalue weighted by Crippen LogP contribution is 2.42. The van der Waals surface area contributed by atoms with Gasteiger partial charge in [0.05, 0.1) is 84.7 Å². The normalized spacial score (nSPS) is 17.2. The third kappa shape index (κ3) is 22.6. The zero-order chi connectivity index (χ0) is 41.0. The van der Waals surface area contributed by atoms with E-state index in [0.717, 1.165) is 17.8 Å². The van der Waals surface area contributed by atoms with E-state index in [1.54, 1.807) is 21.3 Å². The second kappa shape index (κ2) is 29.2. The molecule has 0 heterocycles. The van der Waals surface area contributed by atoms with Crippen molar-refractivity contribution in [3.63, 3.8) is 0 Å². The Balaban J connectivity index is 2.13. The molecule has 1 aromatic carbocycles. The van der Waals surface area contributed by atoms with Gasteiger partial charge in [0.2, 0.25) is 23.6 Å². The molecule has 1 aliphatic rings. The minimum atomic E-state index is -3.58. The Morgan fingerprint density at radius 3 is 1.62 bits per heavy atom. The molecule has 2 atom stereocenters. The Morgan fingerprint density at radius 2 is 1.16 bits per heavy atom. The molecule has 4 amide bonds. The zero-order valence-electron chi connectivity index (χ0n) is 33.4. The van der Waals surface area contributed by atoms with Crippen molar-refractivity contribution in [3.8, 4) is 0 Å². The Morgan fingerprint density at radius 1 is 0.696 bits per heavy atom. The summed E-state index contributed by atoms with van der Waals surface area (Å²) in [7, 11) is 1.13. The van der Waals surface area contributed by atoms with E-state index in [2.05, 4.69) is 21.3 Å². The van der Waals surface area contributed by atoms with Crippen molar-refractivity contribution in [2.45, 2.75) is 50.8 Å². The van der Waals surface area contributed by atoms with Gasteiger partial charge < -0.3 is 59.1 Å². The Labute approximate surface area is 330 Å². The van der Waals surface area contributed by atoms with Crippen molar-refractivity contribution < 1.29 is 61.6 Å². The van der Waals surface area contributed by atoms with Crippen molar-refractivity contribution in [3.05, 3.63) is 35.4 Å². The first-order valence-corrected chi connectivity index (χ1v) is 21.1. The van der Waals surface area contributed by atoms with Crippen molar-refractivity contribution in [2.75, 3.05) is 120 Å². The lowest BCUT2D eigenvalue weighted by Gasteiger charge is -2.30. The summed E-state index contributed by atoms with van der Waals surface area (Å²) in [4.78, 5) is 64.1. The Bertz CT molecular complexity index is 1280. The van der Waals surface area contributed by atoms with Gasteiger partial charge in [0.25, 0.3) is 0 Å². The maximum Gasteiger partial charge on any atom is 0.325 e. The molecule has 0 aliphatic heterocycles. The average Bonchev–Trinajstić information content (AvgIpc) is 3.16. The van der Waals surface area contributed by atoms with E-state index in [9.17, 15) is 28.6 Å². The van der Waals surface area contributed by atoms with Crippen LogP contribution in [-0.2, 0) is 69.7 Å². The van der Waals surface area contributed by atoms with E-state index in [0.29, 0.717) is 71.9 Å². The molecule has 2 rings (SSSR count). The molecular formula is C37H64N5O13P. The summed E-state index contributed by atoms with van der Waals surface area (Å²) >= 11 is 0. The summed E-state index contributed by atoms with van der Waals surface area (Å²) in [5.41, 5.74) is 1.62. The number of hydrogen-bond acceptors (Lipinski definition) is 13. The van der Waals surface area contributed by atoms with Gasteiger partial charge in [-0.15, -0.1) is 0 Å². The van der Waals surface area contributed by atoms with Crippen LogP contribution in [-0.4, -0.2) is 166 Å². The quantitative estimate of drug-likeness (QED) is 0.0501. The fourth-order valence-electron chi connectivity index (χ4n) is 5.82. The highest BCUT2D eigenvalue weighted by molar-refractivity contribution is 7.51. The predicted octanol–water partition coefficient (Wildman–Crippen LogP) is 0.244. The SMILES string of the molecule is COCCOCCNC(=O)CN(CC(=O)NCCOCCOC)[C@H](Cc1ccc(CNC(=O)C2CCC(OP(C)(=O)O)CC2)cc1)C(=O)NCCOCCOC. The first-order chi connectivity index (χ1) is 26.9. The van der Waals surface area contributed by atoms with Crippen molar-refractivity contribution in [1.82, 2.24) is 26.2 Å². The third-order valence-corrected chi connectivity index (χ3v) is 9.41. The molecule has 0 spiro atoms. The number of benzene rings is 1. The van der Waals surface area contributed by atoms with Gasteiger partial charge in [0, 0.05) is 60.1 Å². The molecule has 1 saturated carbocycles. The van der Waals surface area contributed by atoms with Gasteiger partial charge in [0.15, 0.2) is 0 Å². The predicted molar refractivity (Wildman–Crippen MR) is 207 cm³/mol.